The number of rotatable bonds is 3. The average Bonchev–Trinajstić information content (AvgIpc) is 2.66. The topological polar surface area (TPSA) is 55.6 Å². The number of nitrogens with zero attached hydrogens (tertiary/aromatic N) is 4. The summed E-state index contributed by atoms with van der Waals surface area (Å²) in [5.41, 5.74) is 0.957. The average molecular weight is 238 g/mol. The van der Waals surface area contributed by atoms with Crippen LogP contribution in [0.4, 0.5) is 5.82 Å². The molecule has 0 aromatic carbocycles. The summed E-state index contributed by atoms with van der Waals surface area (Å²) >= 11 is 5.73. The van der Waals surface area contributed by atoms with Gasteiger partial charge in [0.2, 0.25) is 5.28 Å². The smallest absolute Gasteiger partial charge is 0.224 e. The normalized spacial score (nSPS) is 10.4. The van der Waals surface area contributed by atoms with Crippen LogP contribution < -0.4 is 5.32 Å². The third kappa shape index (κ3) is 2.30. The van der Waals surface area contributed by atoms with Crippen LogP contribution in [0.1, 0.15) is 11.4 Å². The maximum absolute atomic E-state index is 5.73. The summed E-state index contributed by atoms with van der Waals surface area (Å²) in [6.07, 6.45) is 5.35. The fourth-order valence-electron chi connectivity index (χ4n) is 1.33. The Kier molecular flexibility index (Phi) is 3.05. The van der Waals surface area contributed by atoms with Crippen molar-refractivity contribution in [1.82, 2.24) is 19.5 Å². The molecule has 0 aliphatic rings. The second-order valence-electron chi connectivity index (χ2n) is 3.48. The molecule has 2 heterocycles. The van der Waals surface area contributed by atoms with E-state index < -0.39 is 0 Å². The highest BCUT2D eigenvalue weighted by Gasteiger charge is 2.03. The Hall–Kier alpha value is -1.62. The number of halogens is 1. The van der Waals surface area contributed by atoms with Crippen LogP contribution in [-0.4, -0.2) is 19.5 Å². The third-order valence-corrected chi connectivity index (χ3v) is 2.46. The lowest BCUT2D eigenvalue weighted by molar-refractivity contribution is 0.809. The molecular formula is C10H12ClN5. The van der Waals surface area contributed by atoms with E-state index in [0.29, 0.717) is 6.54 Å². The number of imidazole rings is 1. The third-order valence-electron chi connectivity index (χ3n) is 2.28. The number of aromatic nitrogens is 4. The van der Waals surface area contributed by atoms with Gasteiger partial charge in [-0.3, -0.25) is 0 Å². The Morgan fingerprint density at radius 2 is 2.25 bits per heavy atom. The molecule has 0 aliphatic heterocycles. The van der Waals surface area contributed by atoms with Gasteiger partial charge in [0, 0.05) is 31.2 Å². The Morgan fingerprint density at radius 1 is 1.44 bits per heavy atom. The van der Waals surface area contributed by atoms with Crippen LogP contribution in [0.5, 0.6) is 0 Å². The molecule has 16 heavy (non-hydrogen) atoms. The first-order chi connectivity index (χ1) is 7.66. The van der Waals surface area contributed by atoms with Gasteiger partial charge in [-0.25, -0.2) is 15.0 Å². The summed E-state index contributed by atoms with van der Waals surface area (Å²) in [5.74, 6) is 1.68. The molecule has 0 amide bonds. The van der Waals surface area contributed by atoms with Gasteiger partial charge < -0.3 is 9.88 Å². The number of anilines is 1. The van der Waals surface area contributed by atoms with Crippen molar-refractivity contribution in [3.05, 3.63) is 35.3 Å². The van der Waals surface area contributed by atoms with Crippen LogP contribution >= 0.6 is 11.6 Å². The van der Waals surface area contributed by atoms with Crippen molar-refractivity contribution in [1.29, 1.82) is 0 Å². The minimum atomic E-state index is 0.243. The quantitative estimate of drug-likeness (QED) is 0.827. The Labute approximate surface area is 98.5 Å². The monoisotopic (exact) mass is 237 g/mol. The first-order valence-corrected chi connectivity index (χ1v) is 5.24. The first kappa shape index (κ1) is 10.9. The largest absolute Gasteiger partial charge is 0.362 e. The van der Waals surface area contributed by atoms with Gasteiger partial charge in [0.25, 0.3) is 0 Å². The van der Waals surface area contributed by atoms with Crippen LogP contribution in [-0.2, 0) is 13.6 Å². The molecule has 0 fully saturated rings. The maximum Gasteiger partial charge on any atom is 0.224 e. The molecule has 0 spiro atoms. The van der Waals surface area contributed by atoms with Crippen molar-refractivity contribution in [2.24, 2.45) is 7.05 Å². The summed E-state index contributed by atoms with van der Waals surface area (Å²) < 4.78 is 1.95. The molecule has 1 N–H and O–H groups in total. The summed E-state index contributed by atoms with van der Waals surface area (Å²) in [4.78, 5) is 12.2. The highest BCUT2D eigenvalue weighted by molar-refractivity contribution is 6.28. The van der Waals surface area contributed by atoms with E-state index >= 15 is 0 Å². The summed E-state index contributed by atoms with van der Waals surface area (Å²) in [5, 5.41) is 3.42. The van der Waals surface area contributed by atoms with E-state index in [4.69, 9.17) is 11.6 Å². The lowest BCUT2D eigenvalue weighted by atomic mass is 10.3. The number of nitrogens with one attached hydrogen (secondary N) is 1. The van der Waals surface area contributed by atoms with Gasteiger partial charge in [-0.15, -0.1) is 0 Å². The van der Waals surface area contributed by atoms with E-state index in [2.05, 4.69) is 20.3 Å². The molecule has 84 valence electrons. The van der Waals surface area contributed by atoms with Crippen LogP contribution in [0.15, 0.2) is 18.6 Å². The van der Waals surface area contributed by atoms with E-state index in [1.165, 1.54) is 0 Å². The van der Waals surface area contributed by atoms with Crippen molar-refractivity contribution < 1.29 is 0 Å². The zero-order valence-electron chi connectivity index (χ0n) is 9.11. The maximum atomic E-state index is 5.73. The molecule has 0 bridgehead atoms. The van der Waals surface area contributed by atoms with Crippen LogP contribution in [0.25, 0.3) is 0 Å². The molecule has 0 saturated carbocycles. The SMILES string of the molecule is Cc1cnc(Cl)nc1NCc1nccn1C. The second kappa shape index (κ2) is 4.49. The minimum absolute atomic E-state index is 0.243. The lowest BCUT2D eigenvalue weighted by Crippen LogP contribution is -2.08. The lowest BCUT2D eigenvalue weighted by Gasteiger charge is -2.07. The Balaban J connectivity index is 2.10. The van der Waals surface area contributed by atoms with Gasteiger partial charge in [0.15, 0.2) is 0 Å². The van der Waals surface area contributed by atoms with Gasteiger partial charge >= 0.3 is 0 Å². The molecule has 0 atom stereocenters. The van der Waals surface area contributed by atoms with Crippen LogP contribution in [0.2, 0.25) is 5.28 Å². The molecule has 0 aliphatic carbocycles. The zero-order valence-corrected chi connectivity index (χ0v) is 9.86. The van der Waals surface area contributed by atoms with Crippen LogP contribution in [0, 0.1) is 6.92 Å². The fourth-order valence-corrected chi connectivity index (χ4v) is 1.46. The molecule has 0 unspecified atom stereocenters. The molecule has 5 nitrogen and oxygen atoms in total. The number of hydrogen-bond acceptors (Lipinski definition) is 4. The Morgan fingerprint density at radius 3 is 2.94 bits per heavy atom. The fraction of sp³-hybridized carbons (Fsp3) is 0.300. The molecule has 2 aromatic heterocycles. The molecular weight excluding hydrogens is 226 g/mol. The molecule has 6 heteroatoms. The molecule has 2 aromatic rings. The first-order valence-electron chi connectivity index (χ1n) is 4.86. The van der Waals surface area contributed by atoms with Crippen molar-refractivity contribution in [2.75, 3.05) is 5.32 Å². The van der Waals surface area contributed by atoms with Crippen LogP contribution in [0.3, 0.4) is 0 Å². The Bertz CT molecular complexity index is 494. The van der Waals surface area contributed by atoms with Crippen molar-refractivity contribution >= 4 is 17.4 Å². The molecule has 2 rings (SSSR count). The van der Waals surface area contributed by atoms with E-state index in [0.717, 1.165) is 17.2 Å². The second-order valence-corrected chi connectivity index (χ2v) is 3.82. The molecule has 0 radical (unpaired) electrons. The predicted octanol–water partition coefficient (Wildman–Crippen LogP) is 1.78. The summed E-state index contributed by atoms with van der Waals surface area (Å²) in [6, 6.07) is 0. The van der Waals surface area contributed by atoms with Crippen molar-refractivity contribution in [3.63, 3.8) is 0 Å². The highest BCUT2D eigenvalue weighted by atomic mass is 35.5. The molecule has 0 saturated heterocycles. The van der Waals surface area contributed by atoms with Gasteiger partial charge in [-0.2, -0.15) is 0 Å². The van der Waals surface area contributed by atoms with E-state index in [-0.39, 0.29) is 5.28 Å². The number of aryl methyl sites for hydroxylation is 2. The van der Waals surface area contributed by atoms with Gasteiger partial charge in [-0.1, -0.05) is 0 Å². The minimum Gasteiger partial charge on any atom is -0.362 e. The van der Waals surface area contributed by atoms with Gasteiger partial charge in [-0.05, 0) is 18.5 Å². The van der Waals surface area contributed by atoms with Gasteiger partial charge in [0.1, 0.15) is 11.6 Å². The van der Waals surface area contributed by atoms with E-state index in [9.17, 15) is 0 Å². The zero-order chi connectivity index (χ0) is 11.5. The predicted molar refractivity (Wildman–Crippen MR) is 62.3 cm³/mol. The highest BCUT2D eigenvalue weighted by Crippen LogP contribution is 2.13. The van der Waals surface area contributed by atoms with Gasteiger partial charge in [0.05, 0.1) is 6.54 Å². The van der Waals surface area contributed by atoms with Crippen molar-refractivity contribution in [2.45, 2.75) is 13.5 Å². The van der Waals surface area contributed by atoms with E-state index in [1.54, 1.807) is 12.4 Å². The standard InChI is InChI=1S/C10H12ClN5/c1-7-5-14-10(11)15-9(7)13-6-8-12-3-4-16(8)2/h3-5H,6H2,1-2H3,(H,13,14,15). The number of hydrogen-bond donors (Lipinski definition) is 1. The van der Waals surface area contributed by atoms with Crippen molar-refractivity contribution in [3.8, 4) is 0 Å². The summed E-state index contributed by atoms with van der Waals surface area (Å²) in [6.45, 7) is 2.54. The summed E-state index contributed by atoms with van der Waals surface area (Å²) in [7, 11) is 1.95. The van der Waals surface area contributed by atoms with E-state index in [1.807, 2.05) is 24.7 Å².